The first-order valence-electron chi connectivity index (χ1n) is 9.36. The van der Waals surface area contributed by atoms with Crippen molar-refractivity contribution < 1.29 is 19.0 Å². The number of aryl methyl sites for hydroxylation is 1. The van der Waals surface area contributed by atoms with Crippen molar-refractivity contribution >= 4 is 5.97 Å². The maximum absolute atomic E-state index is 14.1. The molecular weight excluding hydrogens is 333 g/mol. The number of allylic oxidation sites excluding steroid dienone is 1. The monoisotopic (exact) mass is 363 g/mol. The second kappa shape index (κ2) is 9.83. The Balaban J connectivity index is 1.92. The van der Waals surface area contributed by atoms with Crippen LogP contribution in [-0.2, 0) is 22.6 Å². The molecular formula is C21H30FNO3. The lowest BCUT2D eigenvalue weighted by molar-refractivity contribution is -0.136. The summed E-state index contributed by atoms with van der Waals surface area (Å²) in [5, 5.41) is 8.71. The van der Waals surface area contributed by atoms with Crippen LogP contribution in [0.25, 0.3) is 0 Å². The Hall–Kier alpha value is -1.72. The molecule has 1 atom stereocenters. The van der Waals surface area contributed by atoms with Crippen molar-refractivity contribution in [2.75, 3.05) is 13.2 Å². The Morgan fingerprint density at radius 1 is 1.42 bits per heavy atom. The van der Waals surface area contributed by atoms with Crippen LogP contribution in [-0.4, -0.2) is 41.2 Å². The number of hydrogen-bond acceptors (Lipinski definition) is 3. The predicted molar refractivity (Wildman–Crippen MR) is 101 cm³/mol. The number of carbonyl (C=O) groups is 1. The summed E-state index contributed by atoms with van der Waals surface area (Å²) < 4.78 is 20.0. The first-order chi connectivity index (χ1) is 12.4. The highest BCUT2D eigenvalue weighted by atomic mass is 19.1. The third-order valence-electron chi connectivity index (χ3n) is 4.84. The summed E-state index contributed by atoms with van der Waals surface area (Å²) in [7, 11) is 0. The van der Waals surface area contributed by atoms with Gasteiger partial charge in [0.25, 0.3) is 0 Å². The minimum atomic E-state index is -0.918. The lowest BCUT2D eigenvalue weighted by atomic mass is 10.1. The standard InChI is InChI=1S/C21H30FNO3/c1-15(2)23-10-4-5-16(3)11-19(23)14-26-13-17-6-7-18(20(22)12-17)8-9-21(24)25/h6-7,11-12,15,19H,4-5,8-10,13-14H2,1-3H3,(H,24,25). The van der Waals surface area contributed by atoms with Crippen molar-refractivity contribution in [1.82, 2.24) is 4.90 Å². The number of benzene rings is 1. The molecule has 0 aliphatic carbocycles. The molecule has 1 aromatic carbocycles. The van der Waals surface area contributed by atoms with Crippen LogP contribution in [0.4, 0.5) is 4.39 Å². The third-order valence-corrected chi connectivity index (χ3v) is 4.84. The van der Waals surface area contributed by atoms with E-state index in [-0.39, 0.29) is 24.7 Å². The van der Waals surface area contributed by atoms with E-state index in [0.29, 0.717) is 24.8 Å². The molecule has 0 fully saturated rings. The van der Waals surface area contributed by atoms with Gasteiger partial charge in [-0.25, -0.2) is 4.39 Å². The fourth-order valence-electron chi connectivity index (χ4n) is 3.42. The first kappa shape index (κ1) is 20.6. The lowest BCUT2D eigenvalue weighted by Crippen LogP contribution is -2.42. The molecule has 1 aliphatic rings. The molecule has 1 heterocycles. The molecule has 1 N–H and O–H groups in total. The second-order valence-electron chi connectivity index (χ2n) is 7.35. The number of rotatable bonds is 8. The van der Waals surface area contributed by atoms with Gasteiger partial charge in [0.15, 0.2) is 0 Å². The number of nitrogens with zero attached hydrogens (tertiary/aromatic N) is 1. The van der Waals surface area contributed by atoms with Crippen molar-refractivity contribution in [2.45, 2.75) is 65.1 Å². The first-order valence-corrected chi connectivity index (χ1v) is 9.36. The summed E-state index contributed by atoms with van der Waals surface area (Å²) in [6, 6.07) is 5.63. The zero-order chi connectivity index (χ0) is 19.1. The van der Waals surface area contributed by atoms with Crippen LogP contribution < -0.4 is 0 Å². The smallest absolute Gasteiger partial charge is 0.303 e. The van der Waals surface area contributed by atoms with Crippen LogP contribution in [0.3, 0.4) is 0 Å². The molecule has 5 heteroatoms. The predicted octanol–water partition coefficient (Wildman–Crippen LogP) is 4.18. The molecule has 0 spiro atoms. The van der Waals surface area contributed by atoms with Crippen molar-refractivity contribution in [3.8, 4) is 0 Å². The Kier molecular flexibility index (Phi) is 7.79. The Bertz CT molecular complexity index is 642. The van der Waals surface area contributed by atoms with Gasteiger partial charge in [0, 0.05) is 12.5 Å². The molecule has 0 aromatic heterocycles. The number of carboxylic acids is 1. The van der Waals surface area contributed by atoms with Crippen LogP contribution in [0.15, 0.2) is 29.8 Å². The highest BCUT2D eigenvalue weighted by Gasteiger charge is 2.21. The quantitative estimate of drug-likeness (QED) is 0.704. The maximum Gasteiger partial charge on any atom is 0.303 e. The highest BCUT2D eigenvalue weighted by Crippen LogP contribution is 2.19. The Morgan fingerprint density at radius 3 is 2.85 bits per heavy atom. The molecule has 2 rings (SSSR count). The van der Waals surface area contributed by atoms with E-state index in [2.05, 4.69) is 31.7 Å². The van der Waals surface area contributed by atoms with E-state index in [1.165, 1.54) is 18.1 Å². The van der Waals surface area contributed by atoms with Crippen molar-refractivity contribution in [3.05, 3.63) is 46.8 Å². The van der Waals surface area contributed by atoms with E-state index < -0.39 is 5.97 Å². The van der Waals surface area contributed by atoms with E-state index in [0.717, 1.165) is 18.5 Å². The van der Waals surface area contributed by atoms with Gasteiger partial charge < -0.3 is 9.84 Å². The molecule has 0 saturated heterocycles. The number of hydrogen-bond donors (Lipinski definition) is 1. The van der Waals surface area contributed by atoms with E-state index in [1.54, 1.807) is 6.07 Å². The number of halogens is 1. The molecule has 26 heavy (non-hydrogen) atoms. The van der Waals surface area contributed by atoms with E-state index >= 15 is 0 Å². The van der Waals surface area contributed by atoms with Gasteiger partial charge in [0.05, 0.1) is 19.3 Å². The zero-order valence-electron chi connectivity index (χ0n) is 16.0. The fraction of sp³-hybridized carbons (Fsp3) is 0.571. The number of ether oxygens (including phenoxy) is 1. The average molecular weight is 363 g/mol. The maximum atomic E-state index is 14.1. The summed E-state index contributed by atoms with van der Waals surface area (Å²) in [6.07, 6.45) is 4.73. The minimum Gasteiger partial charge on any atom is -0.481 e. The van der Waals surface area contributed by atoms with Crippen LogP contribution in [0.1, 0.15) is 51.2 Å². The minimum absolute atomic E-state index is 0.0643. The van der Waals surface area contributed by atoms with Crippen LogP contribution >= 0.6 is 0 Å². The van der Waals surface area contributed by atoms with Crippen molar-refractivity contribution in [1.29, 1.82) is 0 Å². The molecule has 1 aliphatic heterocycles. The summed E-state index contributed by atoms with van der Waals surface area (Å²) in [5.41, 5.74) is 2.60. The van der Waals surface area contributed by atoms with Crippen LogP contribution in [0, 0.1) is 5.82 Å². The van der Waals surface area contributed by atoms with Crippen molar-refractivity contribution in [3.63, 3.8) is 0 Å². The van der Waals surface area contributed by atoms with Gasteiger partial charge in [0.2, 0.25) is 0 Å². The SMILES string of the molecule is CC1=CC(COCc2ccc(CCC(=O)O)c(F)c2)N(C(C)C)CCC1. The molecule has 0 radical (unpaired) electrons. The molecule has 0 bridgehead atoms. The normalized spacial score (nSPS) is 18.7. The van der Waals surface area contributed by atoms with Gasteiger partial charge in [-0.1, -0.05) is 23.8 Å². The van der Waals surface area contributed by atoms with E-state index in [1.807, 2.05) is 6.07 Å². The highest BCUT2D eigenvalue weighted by molar-refractivity contribution is 5.67. The molecule has 4 nitrogen and oxygen atoms in total. The Labute approximate surface area is 155 Å². The number of aliphatic carboxylic acids is 1. The largest absolute Gasteiger partial charge is 0.481 e. The average Bonchev–Trinajstić information content (AvgIpc) is 2.75. The Morgan fingerprint density at radius 2 is 2.19 bits per heavy atom. The molecule has 1 aromatic rings. The van der Waals surface area contributed by atoms with Crippen molar-refractivity contribution in [2.24, 2.45) is 0 Å². The molecule has 0 saturated carbocycles. The summed E-state index contributed by atoms with van der Waals surface area (Å²) in [5.74, 6) is -1.28. The van der Waals surface area contributed by atoms with Gasteiger partial charge in [-0.3, -0.25) is 9.69 Å². The van der Waals surface area contributed by atoms with Gasteiger partial charge in [-0.2, -0.15) is 0 Å². The van der Waals surface area contributed by atoms with Gasteiger partial charge in [0.1, 0.15) is 5.82 Å². The van der Waals surface area contributed by atoms with Crippen LogP contribution in [0.5, 0.6) is 0 Å². The summed E-state index contributed by atoms with van der Waals surface area (Å²) in [4.78, 5) is 13.1. The summed E-state index contributed by atoms with van der Waals surface area (Å²) >= 11 is 0. The molecule has 144 valence electrons. The van der Waals surface area contributed by atoms with Gasteiger partial charge >= 0.3 is 5.97 Å². The van der Waals surface area contributed by atoms with Gasteiger partial charge in [-0.15, -0.1) is 0 Å². The second-order valence-corrected chi connectivity index (χ2v) is 7.35. The van der Waals surface area contributed by atoms with E-state index in [4.69, 9.17) is 9.84 Å². The molecule has 1 unspecified atom stereocenters. The van der Waals surface area contributed by atoms with Crippen LogP contribution in [0.2, 0.25) is 0 Å². The topological polar surface area (TPSA) is 49.8 Å². The summed E-state index contributed by atoms with van der Waals surface area (Å²) in [6.45, 7) is 8.57. The number of carboxylic acid groups (broad SMARTS) is 1. The third kappa shape index (κ3) is 6.22. The lowest BCUT2D eigenvalue weighted by Gasteiger charge is -2.32. The fourth-order valence-corrected chi connectivity index (χ4v) is 3.42. The van der Waals surface area contributed by atoms with Gasteiger partial charge in [-0.05, 0) is 63.8 Å². The zero-order valence-corrected chi connectivity index (χ0v) is 16.0. The molecule has 0 amide bonds. The van der Waals surface area contributed by atoms with E-state index in [9.17, 15) is 9.18 Å².